The fraction of sp³-hybridized carbons (Fsp3) is 0.188. The Labute approximate surface area is 112 Å². The van der Waals surface area contributed by atoms with Crippen molar-refractivity contribution in [2.75, 3.05) is 7.05 Å². The van der Waals surface area contributed by atoms with Crippen LogP contribution in [0.3, 0.4) is 0 Å². The maximum Gasteiger partial charge on any atom is 0.0762 e. The molecular formula is C16H17N3. The standard InChI is InChI=1S/C16H17N3/c1-17-11-15-9-10-19(18-15)12-14-7-4-6-13-5-2-3-8-16(13)14/h2-10,17H,11-12H2,1H3. The zero-order chi connectivity index (χ0) is 13.1. The van der Waals surface area contributed by atoms with E-state index in [2.05, 4.69) is 58.9 Å². The Morgan fingerprint density at radius 3 is 2.79 bits per heavy atom. The summed E-state index contributed by atoms with van der Waals surface area (Å²) in [5, 5.41) is 10.3. The summed E-state index contributed by atoms with van der Waals surface area (Å²) in [4.78, 5) is 0. The molecule has 0 radical (unpaired) electrons. The number of rotatable bonds is 4. The molecule has 0 amide bonds. The molecule has 0 bridgehead atoms. The minimum Gasteiger partial charge on any atom is -0.314 e. The molecule has 0 spiro atoms. The SMILES string of the molecule is CNCc1ccn(Cc2cccc3ccccc23)n1. The highest BCUT2D eigenvalue weighted by atomic mass is 15.3. The minimum absolute atomic E-state index is 0.808. The van der Waals surface area contributed by atoms with Crippen LogP contribution in [0.25, 0.3) is 10.8 Å². The predicted octanol–water partition coefficient (Wildman–Crippen LogP) is 2.80. The van der Waals surface area contributed by atoms with Gasteiger partial charge in [-0.2, -0.15) is 5.10 Å². The molecule has 0 aliphatic rings. The number of benzene rings is 2. The first-order chi connectivity index (χ1) is 9.36. The van der Waals surface area contributed by atoms with Crippen molar-refractivity contribution < 1.29 is 0 Å². The van der Waals surface area contributed by atoms with Gasteiger partial charge >= 0.3 is 0 Å². The molecule has 0 aliphatic carbocycles. The second-order valence-corrected chi connectivity index (χ2v) is 4.67. The Balaban J connectivity index is 1.92. The van der Waals surface area contributed by atoms with Crippen LogP contribution in [0, 0.1) is 0 Å². The highest BCUT2D eigenvalue weighted by molar-refractivity contribution is 5.85. The Bertz CT molecular complexity index is 680. The molecule has 0 fully saturated rings. The summed E-state index contributed by atoms with van der Waals surface area (Å²) in [6.07, 6.45) is 2.04. The van der Waals surface area contributed by atoms with E-state index in [-0.39, 0.29) is 0 Å². The van der Waals surface area contributed by atoms with Crippen molar-refractivity contribution in [3.8, 4) is 0 Å². The number of hydrogen-bond donors (Lipinski definition) is 1. The highest BCUT2D eigenvalue weighted by Gasteiger charge is 2.03. The van der Waals surface area contributed by atoms with Gasteiger partial charge in [-0.05, 0) is 29.4 Å². The summed E-state index contributed by atoms with van der Waals surface area (Å²) in [6.45, 7) is 1.62. The molecule has 3 nitrogen and oxygen atoms in total. The first-order valence-corrected chi connectivity index (χ1v) is 6.50. The zero-order valence-electron chi connectivity index (χ0n) is 11.0. The van der Waals surface area contributed by atoms with Crippen molar-refractivity contribution in [1.29, 1.82) is 0 Å². The molecule has 0 unspecified atom stereocenters. The van der Waals surface area contributed by atoms with Crippen LogP contribution in [0.2, 0.25) is 0 Å². The van der Waals surface area contributed by atoms with Crippen LogP contribution in [0.1, 0.15) is 11.3 Å². The van der Waals surface area contributed by atoms with Gasteiger partial charge in [0.25, 0.3) is 0 Å². The Hall–Kier alpha value is -2.13. The lowest BCUT2D eigenvalue weighted by Crippen LogP contribution is -2.07. The van der Waals surface area contributed by atoms with E-state index in [0.717, 1.165) is 18.8 Å². The van der Waals surface area contributed by atoms with Crippen LogP contribution in [0.5, 0.6) is 0 Å². The van der Waals surface area contributed by atoms with Crippen molar-refractivity contribution in [3.63, 3.8) is 0 Å². The predicted molar refractivity (Wildman–Crippen MR) is 78.0 cm³/mol. The molecule has 0 saturated heterocycles. The molecule has 3 rings (SSSR count). The van der Waals surface area contributed by atoms with Gasteiger partial charge in [-0.3, -0.25) is 4.68 Å². The Kier molecular flexibility index (Phi) is 3.29. The summed E-state index contributed by atoms with van der Waals surface area (Å²) < 4.78 is 1.99. The van der Waals surface area contributed by atoms with E-state index in [1.54, 1.807) is 0 Å². The number of nitrogens with zero attached hydrogens (tertiary/aromatic N) is 2. The van der Waals surface area contributed by atoms with Crippen LogP contribution in [0.4, 0.5) is 0 Å². The summed E-state index contributed by atoms with van der Waals surface area (Å²) in [6, 6.07) is 17.0. The smallest absolute Gasteiger partial charge is 0.0762 e. The van der Waals surface area contributed by atoms with Crippen LogP contribution in [-0.2, 0) is 13.1 Å². The molecule has 3 aromatic rings. The maximum atomic E-state index is 4.56. The van der Waals surface area contributed by atoms with E-state index in [1.807, 2.05) is 17.9 Å². The normalized spacial score (nSPS) is 11.0. The third-order valence-corrected chi connectivity index (χ3v) is 3.27. The molecule has 3 heteroatoms. The fourth-order valence-electron chi connectivity index (χ4n) is 2.37. The van der Waals surface area contributed by atoms with Crippen LogP contribution >= 0.6 is 0 Å². The van der Waals surface area contributed by atoms with Gasteiger partial charge in [-0.15, -0.1) is 0 Å². The molecule has 1 heterocycles. The summed E-state index contributed by atoms with van der Waals surface area (Å²) in [7, 11) is 1.93. The number of fused-ring (bicyclic) bond motifs is 1. The molecular weight excluding hydrogens is 234 g/mol. The third-order valence-electron chi connectivity index (χ3n) is 3.27. The van der Waals surface area contributed by atoms with Gasteiger partial charge in [-0.25, -0.2) is 0 Å². The van der Waals surface area contributed by atoms with Crippen molar-refractivity contribution >= 4 is 10.8 Å². The van der Waals surface area contributed by atoms with Crippen molar-refractivity contribution in [2.24, 2.45) is 0 Å². The number of aromatic nitrogens is 2. The molecule has 19 heavy (non-hydrogen) atoms. The number of nitrogens with one attached hydrogen (secondary N) is 1. The lowest BCUT2D eigenvalue weighted by Gasteiger charge is -2.06. The van der Waals surface area contributed by atoms with E-state index >= 15 is 0 Å². The van der Waals surface area contributed by atoms with Crippen molar-refractivity contribution in [3.05, 3.63) is 66.0 Å². The summed E-state index contributed by atoms with van der Waals surface area (Å²) in [5.74, 6) is 0. The van der Waals surface area contributed by atoms with Crippen molar-refractivity contribution in [2.45, 2.75) is 13.1 Å². The first-order valence-electron chi connectivity index (χ1n) is 6.50. The maximum absolute atomic E-state index is 4.56. The Morgan fingerprint density at radius 2 is 1.89 bits per heavy atom. The van der Waals surface area contributed by atoms with Gasteiger partial charge in [0.15, 0.2) is 0 Å². The fourth-order valence-corrected chi connectivity index (χ4v) is 2.37. The molecule has 1 N–H and O–H groups in total. The largest absolute Gasteiger partial charge is 0.314 e. The van der Waals surface area contributed by atoms with Gasteiger partial charge in [0.2, 0.25) is 0 Å². The molecule has 96 valence electrons. The summed E-state index contributed by atoms with van der Waals surface area (Å²) >= 11 is 0. The summed E-state index contributed by atoms with van der Waals surface area (Å²) in [5.41, 5.74) is 2.37. The van der Waals surface area contributed by atoms with E-state index in [0.29, 0.717) is 0 Å². The van der Waals surface area contributed by atoms with Gasteiger partial charge in [-0.1, -0.05) is 42.5 Å². The average molecular weight is 251 g/mol. The van der Waals surface area contributed by atoms with E-state index in [1.165, 1.54) is 16.3 Å². The van der Waals surface area contributed by atoms with Crippen molar-refractivity contribution in [1.82, 2.24) is 15.1 Å². The van der Waals surface area contributed by atoms with E-state index in [9.17, 15) is 0 Å². The van der Waals surface area contributed by atoms with Gasteiger partial charge in [0.1, 0.15) is 0 Å². The van der Waals surface area contributed by atoms with Crippen LogP contribution < -0.4 is 5.32 Å². The minimum atomic E-state index is 0.808. The van der Waals surface area contributed by atoms with E-state index in [4.69, 9.17) is 0 Å². The molecule has 1 aromatic heterocycles. The topological polar surface area (TPSA) is 29.9 Å². The van der Waals surface area contributed by atoms with Gasteiger partial charge in [0.05, 0.1) is 12.2 Å². The quantitative estimate of drug-likeness (QED) is 0.772. The van der Waals surface area contributed by atoms with Crippen LogP contribution in [-0.4, -0.2) is 16.8 Å². The average Bonchev–Trinajstić information content (AvgIpc) is 2.87. The molecule has 0 saturated carbocycles. The third kappa shape index (κ3) is 2.51. The first kappa shape index (κ1) is 11.9. The van der Waals surface area contributed by atoms with E-state index < -0.39 is 0 Å². The lowest BCUT2D eigenvalue weighted by molar-refractivity contribution is 0.661. The second kappa shape index (κ2) is 5.24. The highest BCUT2D eigenvalue weighted by Crippen LogP contribution is 2.19. The number of hydrogen-bond acceptors (Lipinski definition) is 2. The van der Waals surface area contributed by atoms with Crippen LogP contribution in [0.15, 0.2) is 54.7 Å². The molecule has 0 aliphatic heterocycles. The molecule has 2 aromatic carbocycles. The Morgan fingerprint density at radius 1 is 1.05 bits per heavy atom. The van der Waals surface area contributed by atoms with Gasteiger partial charge in [0, 0.05) is 12.7 Å². The zero-order valence-corrected chi connectivity index (χ0v) is 11.0. The lowest BCUT2D eigenvalue weighted by atomic mass is 10.0. The second-order valence-electron chi connectivity index (χ2n) is 4.67. The molecule has 0 atom stereocenters. The van der Waals surface area contributed by atoms with Gasteiger partial charge < -0.3 is 5.32 Å². The monoisotopic (exact) mass is 251 g/mol.